The van der Waals surface area contributed by atoms with Gasteiger partial charge in [0.25, 0.3) is 0 Å². The molecular weight excluding hydrogens is 264 g/mol. The maximum atomic E-state index is 12.5. The van der Waals surface area contributed by atoms with Gasteiger partial charge in [0.1, 0.15) is 6.04 Å². The van der Waals surface area contributed by atoms with E-state index < -0.39 is 12.0 Å². The molecule has 0 spiro atoms. The van der Waals surface area contributed by atoms with Crippen molar-refractivity contribution in [2.75, 3.05) is 5.75 Å². The van der Waals surface area contributed by atoms with E-state index in [-0.39, 0.29) is 16.8 Å². The van der Waals surface area contributed by atoms with Gasteiger partial charge in [-0.1, -0.05) is 0 Å². The minimum Gasteiger partial charge on any atom is -0.480 e. The Balaban J connectivity index is 1.73. The lowest BCUT2D eigenvalue weighted by Crippen LogP contribution is -2.54. The molecule has 2 aliphatic carbocycles. The SMILES string of the molecule is NC1(CC(=O)N2C(C(=O)O)CSC2C2CC2)CCC1. The summed E-state index contributed by atoms with van der Waals surface area (Å²) in [6, 6.07) is -0.660. The first kappa shape index (κ1) is 13.2. The zero-order chi connectivity index (χ0) is 13.6. The highest BCUT2D eigenvalue weighted by atomic mass is 32.2. The zero-order valence-corrected chi connectivity index (χ0v) is 11.7. The molecule has 19 heavy (non-hydrogen) atoms. The van der Waals surface area contributed by atoms with E-state index >= 15 is 0 Å². The summed E-state index contributed by atoms with van der Waals surface area (Å²) in [5.74, 6) is 0.0633. The standard InChI is InChI=1S/C13H20N2O3S/c14-13(4-1-5-13)6-10(16)15-9(12(17)18)7-19-11(15)8-2-3-8/h8-9,11H,1-7,14H2,(H,17,18). The van der Waals surface area contributed by atoms with Crippen molar-refractivity contribution >= 4 is 23.6 Å². The van der Waals surface area contributed by atoms with Crippen LogP contribution in [0.25, 0.3) is 0 Å². The molecular formula is C13H20N2O3S. The van der Waals surface area contributed by atoms with Gasteiger partial charge in [-0.15, -0.1) is 11.8 Å². The number of hydrogen-bond donors (Lipinski definition) is 2. The molecule has 2 saturated carbocycles. The Hall–Kier alpha value is -0.750. The summed E-state index contributed by atoms with van der Waals surface area (Å²) in [6.45, 7) is 0. The van der Waals surface area contributed by atoms with E-state index in [9.17, 15) is 14.7 Å². The van der Waals surface area contributed by atoms with Crippen molar-refractivity contribution in [1.82, 2.24) is 4.90 Å². The molecule has 0 aromatic rings. The number of carboxylic acid groups (broad SMARTS) is 1. The molecule has 5 nitrogen and oxygen atoms in total. The Labute approximate surface area is 116 Å². The van der Waals surface area contributed by atoms with E-state index in [2.05, 4.69) is 0 Å². The van der Waals surface area contributed by atoms with Crippen LogP contribution in [0.15, 0.2) is 0 Å². The predicted molar refractivity (Wildman–Crippen MR) is 72.6 cm³/mol. The third-order valence-electron chi connectivity index (χ3n) is 4.49. The molecule has 106 valence electrons. The maximum Gasteiger partial charge on any atom is 0.327 e. The highest BCUT2D eigenvalue weighted by Crippen LogP contribution is 2.46. The largest absolute Gasteiger partial charge is 0.480 e. The second-order valence-corrected chi connectivity index (χ2v) is 7.26. The lowest BCUT2D eigenvalue weighted by atomic mass is 9.75. The number of carboxylic acids is 1. The Bertz CT molecular complexity index is 407. The molecule has 3 rings (SSSR count). The lowest BCUT2D eigenvalue weighted by molar-refractivity contribution is -0.150. The number of nitrogens with two attached hydrogens (primary N) is 1. The molecule has 3 aliphatic rings. The van der Waals surface area contributed by atoms with Crippen LogP contribution < -0.4 is 5.73 Å². The van der Waals surface area contributed by atoms with E-state index in [1.165, 1.54) is 0 Å². The number of hydrogen-bond acceptors (Lipinski definition) is 4. The van der Waals surface area contributed by atoms with Crippen LogP contribution in [0, 0.1) is 5.92 Å². The molecule has 0 aromatic heterocycles. The van der Waals surface area contributed by atoms with Gasteiger partial charge in [0.05, 0.1) is 5.37 Å². The van der Waals surface area contributed by atoms with Crippen molar-refractivity contribution in [3.63, 3.8) is 0 Å². The van der Waals surface area contributed by atoms with Crippen molar-refractivity contribution in [1.29, 1.82) is 0 Å². The molecule has 1 saturated heterocycles. The van der Waals surface area contributed by atoms with E-state index in [1.807, 2.05) is 0 Å². The van der Waals surface area contributed by atoms with Gasteiger partial charge in [-0.05, 0) is 38.0 Å². The molecule has 1 amide bonds. The van der Waals surface area contributed by atoms with Crippen molar-refractivity contribution in [3.8, 4) is 0 Å². The third kappa shape index (κ3) is 2.48. The first-order valence-corrected chi connectivity index (χ1v) is 7.99. The van der Waals surface area contributed by atoms with Gasteiger partial charge in [-0.25, -0.2) is 4.79 Å². The Morgan fingerprint density at radius 2 is 2.05 bits per heavy atom. The topological polar surface area (TPSA) is 83.6 Å². The fraction of sp³-hybridized carbons (Fsp3) is 0.846. The lowest BCUT2D eigenvalue weighted by Gasteiger charge is -2.39. The molecule has 2 unspecified atom stereocenters. The van der Waals surface area contributed by atoms with Crippen LogP contribution in [0.3, 0.4) is 0 Å². The molecule has 0 aromatic carbocycles. The summed E-state index contributed by atoms with van der Waals surface area (Å²) >= 11 is 1.62. The van der Waals surface area contributed by atoms with E-state index in [0.717, 1.165) is 32.1 Å². The van der Waals surface area contributed by atoms with Gasteiger partial charge < -0.3 is 15.7 Å². The van der Waals surface area contributed by atoms with Crippen molar-refractivity contribution in [3.05, 3.63) is 0 Å². The van der Waals surface area contributed by atoms with Crippen LogP contribution in [0.2, 0.25) is 0 Å². The molecule has 1 heterocycles. The molecule has 6 heteroatoms. The molecule has 3 fully saturated rings. The Kier molecular flexibility index (Phi) is 3.25. The smallest absolute Gasteiger partial charge is 0.327 e. The number of amides is 1. The maximum absolute atomic E-state index is 12.5. The summed E-state index contributed by atoms with van der Waals surface area (Å²) < 4.78 is 0. The van der Waals surface area contributed by atoms with Crippen LogP contribution in [-0.4, -0.2) is 44.6 Å². The van der Waals surface area contributed by atoms with E-state index in [0.29, 0.717) is 18.1 Å². The Morgan fingerprint density at radius 1 is 1.37 bits per heavy atom. The summed E-state index contributed by atoms with van der Waals surface area (Å²) in [7, 11) is 0. The first-order valence-electron chi connectivity index (χ1n) is 6.95. The highest BCUT2D eigenvalue weighted by molar-refractivity contribution is 8.00. The first-order chi connectivity index (χ1) is 9.00. The monoisotopic (exact) mass is 284 g/mol. The summed E-state index contributed by atoms with van der Waals surface area (Å²) in [4.78, 5) is 25.4. The fourth-order valence-corrected chi connectivity index (χ4v) is 4.63. The number of carbonyl (C=O) groups is 2. The number of carbonyl (C=O) groups excluding carboxylic acids is 1. The van der Waals surface area contributed by atoms with Gasteiger partial charge in [0, 0.05) is 17.7 Å². The number of thioether (sulfide) groups is 1. The van der Waals surface area contributed by atoms with Gasteiger partial charge in [-0.2, -0.15) is 0 Å². The molecule has 2 atom stereocenters. The second-order valence-electron chi connectivity index (χ2n) is 6.11. The minimum atomic E-state index is -0.885. The van der Waals surface area contributed by atoms with Crippen molar-refractivity contribution in [2.24, 2.45) is 11.7 Å². The van der Waals surface area contributed by atoms with Gasteiger partial charge >= 0.3 is 5.97 Å². The van der Waals surface area contributed by atoms with E-state index in [1.54, 1.807) is 16.7 Å². The molecule has 0 radical (unpaired) electrons. The summed E-state index contributed by atoms with van der Waals surface area (Å²) in [5, 5.41) is 9.35. The predicted octanol–water partition coefficient (Wildman–Crippen LogP) is 1.02. The molecule has 0 bridgehead atoms. The fourth-order valence-electron chi connectivity index (χ4n) is 2.98. The van der Waals surface area contributed by atoms with E-state index in [4.69, 9.17) is 5.73 Å². The molecule has 3 N–H and O–H groups in total. The average molecular weight is 284 g/mol. The van der Waals surface area contributed by atoms with Crippen molar-refractivity contribution < 1.29 is 14.7 Å². The Morgan fingerprint density at radius 3 is 2.53 bits per heavy atom. The van der Waals surface area contributed by atoms with Crippen LogP contribution >= 0.6 is 11.8 Å². The zero-order valence-electron chi connectivity index (χ0n) is 10.9. The third-order valence-corrected chi connectivity index (χ3v) is 5.95. The van der Waals surface area contributed by atoms with Crippen LogP contribution in [-0.2, 0) is 9.59 Å². The molecule has 1 aliphatic heterocycles. The van der Waals surface area contributed by atoms with Gasteiger partial charge in [0.2, 0.25) is 5.91 Å². The van der Waals surface area contributed by atoms with Gasteiger partial charge in [-0.3, -0.25) is 4.79 Å². The van der Waals surface area contributed by atoms with Crippen LogP contribution in [0.1, 0.15) is 38.5 Å². The average Bonchev–Trinajstić information content (AvgIpc) is 3.05. The number of nitrogens with zero attached hydrogens (tertiary/aromatic N) is 1. The van der Waals surface area contributed by atoms with Crippen LogP contribution in [0.4, 0.5) is 0 Å². The van der Waals surface area contributed by atoms with Crippen molar-refractivity contribution in [2.45, 2.75) is 55.5 Å². The normalized spacial score (nSPS) is 33.0. The summed E-state index contributed by atoms with van der Waals surface area (Å²) in [6.07, 6.45) is 5.37. The minimum absolute atomic E-state index is 0.0588. The number of rotatable bonds is 4. The second kappa shape index (κ2) is 4.66. The van der Waals surface area contributed by atoms with Gasteiger partial charge in [0.15, 0.2) is 0 Å². The summed E-state index contributed by atoms with van der Waals surface area (Å²) in [5.41, 5.74) is 5.75. The number of aliphatic carboxylic acids is 1. The highest BCUT2D eigenvalue weighted by Gasteiger charge is 2.49. The quantitative estimate of drug-likeness (QED) is 0.805. The van der Waals surface area contributed by atoms with Crippen LogP contribution in [0.5, 0.6) is 0 Å².